The number of likely N-dealkylation sites (tertiary alicyclic amines) is 1. The van der Waals surface area contributed by atoms with Crippen LogP contribution in [0.3, 0.4) is 0 Å². The van der Waals surface area contributed by atoms with Crippen LogP contribution < -0.4 is 10.9 Å². The summed E-state index contributed by atoms with van der Waals surface area (Å²) in [6, 6.07) is 5.85. The van der Waals surface area contributed by atoms with Gasteiger partial charge in [-0.2, -0.15) is 0 Å². The summed E-state index contributed by atoms with van der Waals surface area (Å²) in [6.45, 7) is 4.69. The number of hydrogen-bond donors (Lipinski definition) is 2. The number of fused-ring (bicyclic) bond motifs is 1. The number of rotatable bonds is 4. The fraction of sp³-hybridized carbons (Fsp3) is 0.444. The van der Waals surface area contributed by atoms with Gasteiger partial charge in [0.2, 0.25) is 0 Å². The third-order valence-electron chi connectivity index (χ3n) is 4.62. The average molecular weight is 331 g/mol. The number of pyridine rings is 1. The summed E-state index contributed by atoms with van der Waals surface area (Å²) in [5.41, 5.74) is -0.0607. The normalized spacial score (nSPS) is 16.9. The van der Waals surface area contributed by atoms with Crippen molar-refractivity contribution in [1.82, 2.24) is 15.2 Å². The molecule has 1 aromatic heterocycles. The van der Waals surface area contributed by atoms with Crippen LogP contribution in [-0.2, 0) is 0 Å². The molecule has 0 radical (unpaired) electrons. The second kappa shape index (κ2) is 7.13. The molecule has 2 heterocycles. The lowest BCUT2D eigenvalue weighted by Crippen LogP contribution is -2.45. The zero-order chi connectivity index (χ0) is 17.1. The van der Waals surface area contributed by atoms with Gasteiger partial charge in [0.1, 0.15) is 11.4 Å². The van der Waals surface area contributed by atoms with Gasteiger partial charge in [-0.25, -0.2) is 4.39 Å². The summed E-state index contributed by atoms with van der Waals surface area (Å²) in [5, 5.41) is 3.47. The number of carbonyl (C=O) groups excluding carboxylic acids is 1. The van der Waals surface area contributed by atoms with E-state index in [1.165, 1.54) is 37.5 Å². The molecule has 128 valence electrons. The van der Waals surface area contributed by atoms with Crippen molar-refractivity contribution in [2.75, 3.05) is 19.6 Å². The van der Waals surface area contributed by atoms with Gasteiger partial charge in [-0.1, -0.05) is 6.42 Å². The van der Waals surface area contributed by atoms with E-state index in [1.54, 1.807) is 6.07 Å². The van der Waals surface area contributed by atoms with Gasteiger partial charge in [0, 0.05) is 12.6 Å². The van der Waals surface area contributed by atoms with Gasteiger partial charge in [0.25, 0.3) is 11.5 Å². The monoisotopic (exact) mass is 331 g/mol. The molecule has 1 fully saturated rings. The first-order chi connectivity index (χ1) is 11.5. The maximum Gasteiger partial charge on any atom is 0.261 e. The van der Waals surface area contributed by atoms with Crippen molar-refractivity contribution in [3.8, 4) is 0 Å². The molecule has 1 aromatic carbocycles. The van der Waals surface area contributed by atoms with Crippen molar-refractivity contribution in [3.05, 3.63) is 46.0 Å². The third kappa shape index (κ3) is 3.64. The molecule has 5 nitrogen and oxygen atoms in total. The highest BCUT2D eigenvalue weighted by molar-refractivity contribution is 5.97. The summed E-state index contributed by atoms with van der Waals surface area (Å²) in [6.07, 6.45) is 3.65. The Labute approximate surface area is 139 Å². The zero-order valence-corrected chi connectivity index (χ0v) is 13.8. The van der Waals surface area contributed by atoms with Crippen molar-refractivity contribution in [3.63, 3.8) is 0 Å². The van der Waals surface area contributed by atoms with E-state index < -0.39 is 17.3 Å². The molecule has 24 heavy (non-hydrogen) atoms. The van der Waals surface area contributed by atoms with E-state index in [-0.39, 0.29) is 11.6 Å². The Balaban J connectivity index is 1.70. The minimum atomic E-state index is -0.503. The summed E-state index contributed by atoms with van der Waals surface area (Å²) in [7, 11) is 0. The number of aromatic nitrogens is 1. The number of carbonyl (C=O) groups is 1. The maximum absolute atomic E-state index is 13.2. The SMILES string of the molecule is CC(CNC(=O)c1cc2ccc(F)cc2[nH]c1=O)N1CCCCC1. The molecule has 2 aromatic rings. The Morgan fingerprint density at radius 3 is 2.79 bits per heavy atom. The number of halogens is 1. The van der Waals surface area contributed by atoms with Gasteiger partial charge >= 0.3 is 0 Å². The first-order valence-electron chi connectivity index (χ1n) is 8.39. The lowest BCUT2D eigenvalue weighted by atomic mass is 10.1. The van der Waals surface area contributed by atoms with E-state index in [0.717, 1.165) is 13.1 Å². The minimum absolute atomic E-state index is 0.0555. The Morgan fingerprint density at radius 1 is 1.29 bits per heavy atom. The number of aromatic amines is 1. The predicted molar refractivity (Wildman–Crippen MR) is 91.7 cm³/mol. The van der Waals surface area contributed by atoms with E-state index in [1.807, 2.05) is 0 Å². The highest BCUT2D eigenvalue weighted by Gasteiger charge is 2.18. The average Bonchev–Trinajstić information content (AvgIpc) is 2.59. The Kier molecular flexibility index (Phi) is 4.94. The molecular weight excluding hydrogens is 309 g/mol. The first-order valence-corrected chi connectivity index (χ1v) is 8.39. The van der Waals surface area contributed by atoms with Crippen LogP contribution in [0.1, 0.15) is 36.5 Å². The Hall–Kier alpha value is -2.21. The Bertz CT molecular complexity index is 796. The first kappa shape index (κ1) is 16.6. The standard InChI is InChI=1S/C18H22FN3O2/c1-12(22-7-3-2-4-8-22)11-20-17(23)15-9-13-5-6-14(19)10-16(13)21-18(15)24/h5-6,9-10,12H,2-4,7-8,11H2,1H3,(H,20,23)(H,21,24). The molecule has 1 unspecified atom stereocenters. The summed E-state index contributed by atoms with van der Waals surface area (Å²) >= 11 is 0. The molecule has 2 N–H and O–H groups in total. The van der Waals surface area contributed by atoms with Crippen LogP contribution in [0.5, 0.6) is 0 Å². The fourth-order valence-corrected chi connectivity index (χ4v) is 3.17. The van der Waals surface area contributed by atoms with Crippen LogP contribution in [0.15, 0.2) is 29.1 Å². The van der Waals surface area contributed by atoms with Crippen LogP contribution in [0.25, 0.3) is 10.9 Å². The number of nitrogens with zero attached hydrogens (tertiary/aromatic N) is 1. The molecule has 1 amide bonds. The summed E-state index contributed by atoms with van der Waals surface area (Å²) in [5.74, 6) is -0.822. The largest absolute Gasteiger partial charge is 0.350 e. The lowest BCUT2D eigenvalue weighted by Gasteiger charge is -2.32. The number of nitrogens with one attached hydrogen (secondary N) is 2. The van der Waals surface area contributed by atoms with Gasteiger partial charge in [-0.15, -0.1) is 0 Å². The molecule has 1 saturated heterocycles. The molecular formula is C18H22FN3O2. The van der Waals surface area contributed by atoms with Crippen LogP contribution in [0.2, 0.25) is 0 Å². The molecule has 1 aliphatic rings. The van der Waals surface area contributed by atoms with Crippen molar-refractivity contribution in [2.45, 2.75) is 32.2 Å². The molecule has 0 spiro atoms. The number of H-pyrrole nitrogens is 1. The molecule has 0 aliphatic carbocycles. The molecule has 1 atom stereocenters. The van der Waals surface area contributed by atoms with Crippen molar-refractivity contribution in [1.29, 1.82) is 0 Å². The van der Waals surface area contributed by atoms with Crippen LogP contribution in [-0.4, -0.2) is 41.5 Å². The van der Waals surface area contributed by atoms with Gasteiger partial charge < -0.3 is 10.3 Å². The topological polar surface area (TPSA) is 65.2 Å². The van der Waals surface area contributed by atoms with Crippen molar-refractivity contribution in [2.24, 2.45) is 0 Å². The highest BCUT2D eigenvalue weighted by atomic mass is 19.1. The smallest absolute Gasteiger partial charge is 0.261 e. The fourth-order valence-electron chi connectivity index (χ4n) is 3.17. The molecule has 0 saturated carbocycles. The van der Waals surface area contributed by atoms with Crippen LogP contribution >= 0.6 is 0 Å². The quantitative estimate of drug-likeness (QED) is 0.903. The van der Waals surface area contributed by atoms with Gasteiger partial charge in [0.05, 0.1) is 5.52 Å². The van der Waals surface area contributed by atoms with Crippen molar-refractivity contribution < 1.29 is 9.18 Å². The van der Waals surface area contributed by atoms with E-state index in [0.29, 0.717) is 17.4 Å². The van der Waals surface area contributed by atoms with Crippen molar-refractivity contribution >= 4 is 16.8 Å². The maximum atomic E-state index is 13.2. The number of piperidine rings is 1. The predicted octanol–water partition coefficient (Wildman–Crippen LogP) is 2.27. The van der Waals surface area contributed by atoms with E-state index in [2.05, 4.69) is 22.1 Å². The van der Waals surface area contributed by atoms with E-state index in [9.17, 15) is 14.0 Å². The Morgan fingerprint density at radius 2 is 2.04 bits per heavy atom. The van der Waals surface area contributed by atoms with Gasteiger partial charge in [0.15, 0.2) is 0 Å². The molecule has 6 heteroatoms. The van der Waals surface area contributed by atoms with E-state index in [4.69, 9.17) is 0 Å². The number of benzene rings is 1. The number of hydrogen-bond acceptors (Lipinski definition) is 3. The summed E-state index contributed by atoms with van der Waals surface area (Å²) in [4.78, 5) is 29.3. The molecule has 0 bridgehead atoms. The minimum Gasteiger partial charge on any atom is -0.350 e. The van der Waals surface area contributed by atoms with Gasteiger partial charge in [-0.05, 0) is 62.5 Å². The highest BCUT2D eigenvalue weighted by Crippen LogP contribution is 2.13. The molecule has 3 rings (SSSR count). The zero-order valence-electron chi connectivity index (χ0n) is 13.8. The van der Waals surface area contributed by atoms with E-state index >= 15 is 0 Å². The third-order valence-corrected chi connectivity index (χ3v) is 4.62. The van der Waals surface area contributed by atoms with Crippen LogP contribution in [0.4, 0.5) is 4.39 Å². The second-order valence-electron chi connectivity index (χ2n) is 6.40. The summed E-state index contributed by atoms with van der Waals surface area (Å²) < 4.78 is 13.2. The lowest BCUT2D eigenvalue weighted by molar-refractivity contribution is 0.0928. The second-order valence-corrected chi connectivity index (χ2v) is 6.40. The molecule has 1 aliphatic heterocycles. The number of amides is 1. The van der Waals surface area contributed by atoms with Gasteiger partial charge in [-0.3, -0.25) is 14.5 Å². The van der Waals surface area contributed by atoms with Crippen LogP contribution in [0, 0.1) is 5.82 Å².